The summed E-state index contributed by atoms with van der Waals surface area (Å²) in [4.78, 5) is 13.4. The van der Waals surface area contributed by atoms with Crippen LogP contribution in [-0.4, -0.2) is 15.7 Å². The first kappa shape index (κ1) is 21.8. The molecule has 2 heterocycles. The second-order valence-corrected chi connectivity index (χ2v) is 9.53. The zero-order valence-electron chi connectivity index (χ0n) is 18.5. The summed E-state index contributed by atoms with van der Waals surface area (Å²) in [7, 11) is 0. The molecule has 0 N–H and O–H groups in total. The standard InChI is InChI=1S/C27H26N2O2S/c1-27(2,3)22-14-11-20(12-15-22)19-31-25(30)16-13-21-18-29(23-8-5-4-6-9-23)28-26(21)24-10-7-17-32-24/h4-18H,19H2,1-3H3. The van der Waals surface area contributed by atoms with E-state index in [0.29, 0.717) is 0 Å². The van der Waals surface area contributed by atoms with Crippen LogP contribution in [0, 0.1) is 0 Å². The van der Waals surface area contributed by atoms with Crippen molar-refractivity contribution in [3.63, 3.8) is 0 Å². The molecule has 2 aromatic carbocycles. The molecule has 4 aromatic rings. The van der Waals surface area contributed by atoms with Gasteiger partial charge < -0.3 is 4.74 Å². The lowest BCUT2D eigenvalue weighted by molar-refractivity contribution is -0.138. The summed E-state index contributed by atoms with van der Waals surface area (Å²) in [6.45, 7) is 6.78. The van der Waals surface area contributed by atoms with Crippen LogP contribution in [0.3, 0.4) is 0 Å². The average molecular weight is 443 g/mol. The van der Waals surface area contributed by atoms with E-state index >= 15 is 0 Å². The molecule has 4 rings (SSSR count). The third-order valence-corrected chi connectivity index (χ3v) is 5.99. The molecule has 0 saturated carbocycles. The maximum absolute atomic E-state index is 12.4. The fourth-order valence-electron chi connectivity index (χ4n) is 3.29. The quantitative estimate of drug-likeness (QED) is 0.248. The molecule has 0 amide bonds. The summed E-state index contributed by atoms with van der Waals surface area (Å²) < 4.78 is 7.28. The van der Waals surface area contributed by atoms with E-state index in [-0.39, 0.29) is 18.0 Å². The van der Waals surface area contributed by atoms with Crippen LogP contribution in [0.15, 0.2) is 84.4 Å². The summed E-state index contributed by atoms with van der Waals surface area (Å²) in [5.41, 5.74) is 4.99. The lowest BCUT2D eigenvalue weighted by Gasteiger charge is -2.19. The lowest BCUT2D eigenvalue weighted by Crippen LogP contribution is -2.10. The van der Waals surface area contributed by atoms with Gasteiger partial charge in [-0.1, -0.05) is 69.3 Å². The van der Waals surface area contributed by atoms with Crippen molar-refractivity contribution in [2.45, 2.75) is 32.8 Å². The second kappa shape index (κ2) is 9.37. The van der Waals surface area contributed by atoms with E-state index in [1.54, 1.807) is 17.4 Å². The first-order valence-electron chi connectivity index (χ1n) is 10.5. The number of esters is 1. The van der Waals surface area contributed by atoms with Crippen LogP contribution in [0.5, 0.6) is 0 Å². The Morgan fingerprint density at radius 3 is 2.44 bits per heavy atom. The van der Waals surface area contributed by atoms with Crippen LogP contribution in [0.4, 0.5) is 0 Å². The summed E-state index contributed by atoms with van der Waals surface area (Å²) >= 11 is 1.62. The van der Waals surface area contributed by atoms with Gasteiger partial charge in [-0.3, -0.25) is 0 Å². The molecular formula is C27H26N2O2S. The SMILES string of the molecule is CC(C)(C)c1ccc(COC(=O)C=Cc2cn(-c3ccccc3)nc2-c2cccs2)cc1. The van der Waals surface area contributed by atoms with Crippen molar-refractivity contribution in [2.24, 2.45) is 0 Å². The van der Waals surface area contributed by atoms with Gasteiger partial charge in [0.1, 0.15) is 12.3 Å². The van der Waals surface area contributed by atoms with Gasteiger partial charge in [0.25, 0.3) is 0 Å². The molecule has 0 fully saturated rings. The monoisotopic (exact) mass is 442 g/mol. The van der Waals surface area contributed by atoms with Crippen LogP contribution in [0.1, 0.15) is 37.5 Å². The highest BCUT2D eigenvalue weighted by Crippen LogP contribution is 2.28. The lowest BCUT2D eigenvalue weighted by atomic mass is 9.87. The Balaban J connectivity index is 1.47. The normalized spacial score (nSPS) is 11.7. The number of thiophene rings is 1. The van der Waals surface area contributed by atoms with Crippen molar-refractivity contribution in [3.8, 4) is 16.3 Å². The van der Waals surface area contributed by atoms with E-state index in [2.05, 4.69) is 32.9 Å². The van der Waals surface area contributed by atoms with Gasteiger partial charge in [-0.2, -0.15) is 5.10 Å². The predicted molar refractivity (Wildman–Crippen MR) is 131 cm³/mol. The van der Waals surface area contributed by atoms with Crippen LogP contribution in [-0.2, 0) is 21.6 Å². The highest BCUT2D eigenvalue weighted by Gasteiger charge is 2.14. The molecule has 0 aliphatic heterocycles. The molecule has 32 heavy (non-hydrogen) atoms. The Morgan fingerprint density at radius 2 is 1.78 bits per heavy atom. The van der Waals surface area contributed by atoms with E-state index in [1.165, 1.54) is 11.6 Å². The van der Waals surface area contributed by atoms with Gasteiger partial charge in [-0.05, 0) is 46.2 Å². The molecule has 0 aliphatic carbocycles. The van der Waals surface area contributed by atoms with Crippen LogP contribution >= 0.6 is 11.3 Å². The first-order chi connectivity index (χ1) is 15.4. The second-order valence-electron chi connectivity index (χ2n) is 8.58. The van der Waals surface area contributed by atoms with Crippen molar-refractivity contribution in [1.29, 1.82) is 0 Å². The number of carbonyl (C=O) groups is 1. The molecule has 0 radical (unpaired) electrons. The molecule has 162 valence electrons. The molecular weight excluding hydrogens is 416 g/mol. The fraction of sp³-hybridized carbons (Fsp3) is 0.185. The summed E-state index contributed by atoms with van der Waals surface area (Å²) in [6.07, 6.45) is 5.17. The third-order valence-electron chi connectivity index (χ3n) is 5.12. The minimum Gasteiger partial charge on any atom is -0.458 e. The third kappa shape index (κ3) is 5.24. The largest absolute Gasteiger partial charge is 0.458 e. The highest BCUT2D eigenvalue weighted by molar-refractivity contribution is 7.13. The number of ether oxygens (including phenoxy) is 1. The number of aromatic nitrogens is 2. The Bertz CT molecular complexity index is 1200. The van der Waals surface area contributed by atoms with Gasteiger partial charge in [0.15, 0.2) is 0 Å². The molecule has 0 atom stereocenters. The first-order valence-corrected chi connectivity index (χ1v) is 11.4. The van der Waals surface area contributed by atoms with E-state index in [0.717, 1.165) is 27.4 Å². The van der Waals surface area contributed by atoms with Crippen LogP contribution in [0.25, 0.3) is 22.3 Å². The Hall–Kier alpha value is -3.44. The molecule has 0 spiro atoms. The van der Waals surface area contributed by atoms with Gasteiger partial charge in [0.2, 0.25) is 0 Å². The van der Waals surface area contributed by atoms with Crippen LogP contribution < -0.4 is 0 Å². The number of nitrogens with zero attached hydrogens (tertiary/aromatic N) is 2. The van der Waals surface area contributed by atoms with Crippen molar-refractivity contribution in [2.75, 3.05) is 0 Å². The van der Waals surface area contributed by atoms with Gasteiger partial charge >= 0.3 is 5.97 Å². The van der Waals surface area contributed by atoms with E-state index in [4.69, 9.17) is 9.84 Å². The van der Waals surface area contributed by atoms with Gasteiger partial charge in [0, 0.05) is 17.8 Å². The van der Waals surface area contributed by atoms with Crippen molar-refractivity contribution in [1.82, 2.24) is 9.78 Å². The summed E-state index contributed by atoms with van der Waals surface area (Å²) in [5, 5.41) is 6.76. The summed E-state index contributed by atoms with van der Waals surface area (Å²) in [6, 6.07) is 22.1. The highest BCUT2D eigenvalue weighted by atomic mass is 32.1. The Morgan fingerprint density at radius 1 is 1.03 bits per heavy atom. The topological polar surface area (TPSA) is 44.1 Å². The molecule has 4 nitrogen and oxygen atoms in total. The number of benzene rings is 2. The maximum atomic E-state index is 12.4. The molecule has 2 aromatic heterocycles. The zero-order chi connectivity index (χ0) is 22.6. The average Bonchev–Trinajstić information content (AvgIpc) is 3.46. The predicted octanol–water partition coefficient (Wildman–Crippen LogP) is 6.65. The van der Waals surface area contributed by atoms with Crippen LogP contribution in [0.2, 0.25) is 0 Å². The minimum atomic E-state index is -0.380. The molecule has 0 aliphatic rings. The molecule has 0 bridgehead atoms. The van der Waals surface area contributed by atoms with Crippen molar-refractivity contribution < 1.29 is 9.53 Å². The molecule has 5 heteroatoms. The number of hydrogen-bond acceptors (Lipinski definition) is 4. The molecule has 0 unspecified atom stereocenters. The fourth-order valence-corrected chi connectivity index (χ4v) is 4.02. The Labute approximate surface area is 192 Å². The van der Waals surface area contributed by atoms with E-state index in [1.807, 2.05) is 70.9 Å². The molecule has 0 saturated heterocycles. The smallest absolute Gasteiger partial charge is 0.331 e. The summed E-state index contributed by atoms with van der Waals surface area (Å²) in [5.74, 6) is -0.380. The number of para-hydroxylation sites is 1. The van der Waals surface area contributed by atoms with E-state index in [9.17, 15) is 4.79 Å². The van der Waals surface area contributed by atoms with Crippen molar-refractivity contribution in [3.05, 3.63) is 101 Å². The number of hydrogen-bond donors (Lipinski definition) is 0. The van der Waals surface area contributed by atoms with Gasteiger partial charge in [-0.15, -0.1) is 11.3 Å². The zero-order valence-corrected chi connectivity index (χ0v) is 19.3. The van der Waals surface area contributed by atoms with Crippen molar-refractivity contribution >= 4 is 23.4 Å². The van der Waals surface area contributed by atoms with Gasteiger partial charge in [0.05, 0.1) is 10.6 Å². The van der Waals surface area contributed by atoms with E-state index < -0.39 is 0 Å². The number of carbonyl (C=O) groups excluding carboxylic acids is 1. The number of rotatable bonds is 6. The Kier molecular flexibility index (Phi) is 6.37. The minimum absolute atomic E-state index is 0.0996. The maximum Gasteiger partial charge on any atom is 0.331 e. The van der Waals surface area contributed by atoms with Gasteiger partial charge in [-0.25, -0.2) is 9.48 Å².